The Balaban J connectivity index is 2.57. The molecular weight excluding hydrogens is 258 g/mol. The molecule has 0 aromatic heterocycles. The van der Waals surface area contributed by atoms with E-state index in [1.54, 1.807) is 12.1 Å². The van der Waals surface area contributed by atoms with E-state index in [1.165, 1.54) is 0 Å². The molecule has 1 aromatic carbocycles. The van der Waals surface area contributed by atoms with Crippen molar-refractivity contribution in [3.63, 3.8) is 0 Å². The lowest BCUT2D eigenvalue weighted by Crippen LogP contribution is -2.06. The van der Waals surface area contributed by atoms with Gasteiger partial charge in [-0.1, -0.05) is 34.8 Å². The zero-order valence-corrected chi connectivity index (χ0v) is 10.5. The first kappa shape index (κ1) is 12.9. The lowest BCUT2D eigenvalue weighted by Gasteiger charge is -2.09. The minimum absolute atomic E-state index is 0.416. The van der Waals surface area contributed by atoms with E-state index in [2.05, 4.69) is 0 Å². The van der Waals surface area contributed by atoms with Crippen molar-refractivity contribution in [2.45, 2.75) is 6.92 Å². The van der Waals surface area contributed by atoms with Gasteiger partial charge in [-0.05, 0) is 13.0 Å². The Morgan fingerprint density at radius 3 is 2.33 bits per heavy atom. The molecule has 1 aromatic rings. The number of benzene rings is 1. The van der Waals surface area contributed by atoms with Crippen molar-refractivity contribution in [3.05, 3.63) is 27.2 Å². The van der Waals surface area contributed by atoms with Gasteiger partial charge in [-0.25, -0.2) is 0 Å². The first-order valence-corrected chi connectivity index (χ1v) is 5.63. The fourth-order valence-corrected chi connectivity index (χ4v) is 1.56. The van der Waals surface area contributed by atoms with Crippen LogP contribution in [-0.2, 0) is 4.74 Å². The van der Waals surface area contributed by atoms with Crippen molar-refractivity contribution < 1.29 is 9.47 Å². The molecule has 0 saturated carbocycles. The van der Waals surface area contributed by atoms with Crippen LogP contribution in [-0.4, -0.2) is 19.8 Å². The van der Waals surface area contributed by atoms with Crippen LogP contribution in [0.15, 0.2) is 12.1 Å². The van der Waals surface area contributed by atoms with Gasteiger partial charge in [0.25, 0.3) is 0 Å². The van der Waals surface area contributed by atoms with Gasteiger partial charge in [0.05, 0.1) is 21.7 Å². The smallest absolute Gasteiger partial charge is 0.139 e. The van der Waals surface area contributed by atoms with Crippen molar-refractivity contribution in [3.8, 4) is 5.75 Å². The molecule has 1 rings (SSSR count). The number of halogens is 3. The zero-order chi connectivity index (χ0) is 11.3. The van der Waals surface area contributed by atoms with Crippen molar-refractivity contribution in [2.75, 3.05) is 19.8 Å². The number of hydrogen-bond donors (Lipinski definition) is 0. The summed E-state index contributed by atoms with van der Waals surface area (Å²) in [6, 6.07) is 3.15. The van der Waals surface area contributed by atoms with Gasteiger partial charge < -0.3 is 9.47 Å². The zero-order valence-electron chi connectivity index (χ0n) is 8.23. The van der Waals surface area contributed by atoms with Gasteiger partial charge in [-0.2, -0.15) is 0 Å². The highest BCUT2D eigenvalue weighted by molar-refractivity contribution is 6.43. The molecule has 0 N–H and O–H groups in total. The quantitative estimate of drug-likeness (QED) is 0.593. The van der Waals surface area contributed by atoms with Crippen LogP contribution >= 0.6 is 34.8 Å². The molecule has 0 atom stereocenters. The van der Waals surface area contributed by atoms with E-state index in [4.69, 9.17) is 44.3 Å². The lowest BCUT2D eigenvalue weighted by atomic mass is 10.3. The highest BCUT2D eigenvalue weighted by Crippen LogP contribution is 2.33. The highest BCUT2D eigenvalue weighted by atomic mass is 35.5. The highest BCUT2D eigenvalue weighted by Gasteiger charge is 2.06. The molecule has 0 fully saturated rings. The summed E-state index contributed by atoms with van der Waals surface area (Å²) < 4.78 is 10.5. The minimum atomic E-state index is 0.416. The summed E-state index contributed by atoms with van der Waals surface area (Å²) in [6.45, 7) is 3.54. The minimum Gasteiger partial charge on any atom is -0.490 e. The summed E-state index contributed by atoms with van der Waals surface area (Å²) >= 11 is 17.5. The van der Waals surface area contributed by atoms with Crippen LogP contribution in [0.3, 0.4) is 0 Å². The van der Waals surface area contributed by atoms with E-state index in [1.807, 2.05) is 6.92 Å². The maximum atomic E-state index is 5.91. The topological polar surface area (TPSA) is 18.5 Å². The molecule has 0 aliphatic carbocycles. The second kappa shape index (κ2) is 6.44. The van der Waals surface area contributed by atoms with Crippen LogP contribution in [0.2, 0.25) is 15.1 Å². The molecule has 0 amide bonds. The number of hydrogen-bond acceptors (Lipinski definition) is 2. The van der Waals surface area contributed by atoms with Crippen LogP contribution < -0.4 is 4.74 Å². The lowest BCUT2D eigenvalue weighted by molar-refractivity contribution is 0.110. The molecular formula is C10H11Cl3O2. The molecule has 0 spiro atoms. The number of ether oxygens (including phenoxy) is 2. The van der Waals surface area contributed by atoms with Crippen LogP contribution in [0.4, 0.5) is 0 Å². The van der Waals surface area contributed by atoms with Gasteiger partial charge in [-0.15, -0.1) is 0 Å². The predicted octanol–water partition coefficient (Wildman–Crippen LogP) is 4.06. The van der Waals surface area contributed by atoms with Crippen molar-refractivity contribution in [1.82, 2.24) is 0 Å². The first-order valence-electron chi connectivity index (χ1n) is 4.50. The van der Waals surface area contributed by atoms with Gasteiger partial charge >= 0.3 is 0 Å². The molecule has 2 nitrogen and oxygen atoms in total. The molecule has 0 radical (unpaired) electrons. The Morgan fingerprint density at radius 1 is 1.00 bits per heavy atom. The van der Waals surface area contributed by atoms with Gasteiger partial charge in [0.1, 0.15) is 12.4 Å². The third-order valence-electron chi connectivity index (χ3n) is 1.66. The molecule has 0 aliphatic heterocycles. The first-order chi connectivity index (χ1) is 7.15. The van der Waals surface area contributed by atoms with Gasteiger partial charge in [-0.3, -0.25) is 0 Å². The van der Waals surface area contributed by atoms with E-state index in [0.717, 1.165) is 0 Å². The van der Waals surface area contributed by atoms with E-state index in [9.17, 15) is 0 Å². The molecule has 5 heteroatoms. The van der Waals surface area contributed by atoms with Crippen LogP contribution in [0.25, 0.3) is 0 Å². The van der Waals surface area contributed by atoms with E-state index in [0.29, 0.717) is 40.6 Å². The molecule has 0 bridgehead atoms. The second-order valence-corrected chi connectivity index (χ2v) is 3.96. The summed E-state index contributed by atoms with van der Waals surface area (Å²) in [5, 5.41) is 1.28. The Kier molecular flexibility index (Phi) is 5.54. The normalized spacial score (nSPS) is 10.4. The Bertz CT molecular complexity index is 329. The van der Waals surface area contributed by atoms with E-state index >= 15 is 0 Å². The summed E-state index contributed by atoms with van der Waals surface area (Å²) in [5.74, 6) is 0.519. The molecule has 0 unspecified atom stereocenters. The molecule has 0 saturated heterocycles. The Morgan fingerprint density at radius 2 is 1.67 bits per heavy atom. The summed E-state index contributed by atoms with van der Waals surface area (Å²) in [5.41, 5.74) is 0. The fraction of sp³-hybridized carbons (Fsp3) is 0.400. The Hall–Kier alpha value is -0.150. The average Bonchev–Trinajstić information content (AvgIpc) is 2.20. The third-order valence-corrected chi connectivity index (χ3v) is 2.68. The standard InChI is InChI=1S/C10H11Cl3O2/c1-2-14-3-4-15-10-6-8(12)7(11)5-9(10)13/h5-6H,2-4H2,1H3. The monoisotopic (exact) mass is 268 g/mol. The fourth-order valence-electron chi connectivity index (χ4n) is 0.970. The van der Waals surface area contributed by atoms with Gasteiger partial charge in [0.15, 0.2) is 0 Å². The SMILES string of the molecule is CCOCCOc1cc(Cl)c(Cl)cc1Cl. The number of rotatable bonds is 5. The van der Waals surface area contributed by atoms with Crippen LogP contribution in [0.1, 0.15) is 6.92 Å². The summed E-state index contributed by atoms with van der Waals surface area (Å²) in [7, 11) is 0. The summed E-state index contributed by atoms with van der Waals surface area (Å²) in [6.07, 6.45) is 0. The molecule has 0 aliphatic rings. The van der Waals surface area contributed by atoms with Crippen molar-refractivity contribution in [1.29, 1.82) is 0 Å². The maximum Gasteiger partial charge on any atom is 0.139 e. The van der Waals surface area contributed by atoms with Crippen molar-refractivity contribution >= 4 is 34.8 Å². The maximum absolute atomic E-state index is 5.91. The molecule has 84 valence electrons. The average molecular weight is 270 g/mol. The van der Waals surface area contributed by atoms with E-state index in [-0.39, 0.29) is 0 Å². The predicted molar refractivity (Wildman–Crippen MR) is 63.5 cm³/mol. The molecule has 0 heterocycles. The van der Waals surface area contributed by atoms with Crippen LogP contribution in [0.5, 0.6) is 5.75 Å². The Labute approximate surface area is 104 Å². The largest absolute Gasteiger partial charge is 0.490 e. The van der Waals surface area contributed by atoms with Gasteiger partial charge in [0.2, 0.25) is 0 Å². The molecule has 15 heavy (non-hydrogen) atoms. The summed E-state index contributed by atoms with van der Waals surface area (Å²) in [4.78, 5) is 0. The van der Waals surface area contributed by atoms with E-state index < -0.39 is 0 Å². The third kappa shape index (κ3) is 4.07. The van der Waals surface area contributed by atoms with Crippen LogP contribution in [0, 0.1) is 0 Å². The van der Waals surface area contributed by atoms with Crippen molar-refractivity contribution in [2.24, 2.45) is 0 Å². The second-order valence-electron chi connectivity index (χ2n) is 2.74. The van der Waals surface area contributed by atoms with Gasteiger partial charge in [0, 0.05) is 12.7 Å².